The molecule has 0 radical (unpaired) electrons. The number of rotatable bonds is 4. The predicted molar refractivity (Wildman–Crippen MR) is 76.6 cm³/mol. The van der Waals surface area contributed by atoms with E-state index in [9.17, 15) is 9.59 Å². The van der Waals surface area contributed by atoms with Gasteiger partial charge in [0.25, 0.3) is 0 Å². The molecule has 1 aliphatic heterocycles. The monoisotopic (exact) mass is 292 g/mol. The quantitative estimate of drug-likeness (QED) is 0.744. The molecule has 0 aromatic carbocycles. The van der Waals surface area contributed by atoms with E-state index in [-0.39, 0.29) is 24.3 Å². The van der Waals surface area contributed by atoms with E-state index in [1.807, 2.05) is 0 Å². The fourth-order valence-corrected chi connectivity index (χ4v) is 2.39. The number of anilines is 1. The molecule has 7 heteroatoms. The van der Waals surface area contributed by atoms with Crippen LogP contribution in [0.25, 0.3) is 0 Å². The van der Waals surface area contributed by atoms with Crippen molar-refractivity contribution in [2.24, 2.45) is 5.92 Å². The third-order valence-corrected chi connectivity index (χ3v) is 3.65. The average Bonchev–Trinajstić information content (AvgIpc) is 2.55. The van der Waals surface area contributed by atoms with E-state index in [1.54, 1.807) is 35.3 Å². The van der Waals surface area contributed by atoms with Gasteiger partial charge in [0.05, 0.1) is 19.6 Å². The van der Waals surface area contributed by atoms with Crippen molar-refractivity contribution < 1.29 is 14.3 Å². The summed E-state index contributed by atoms with van der Waals surface area (Å²) in [6, 6.07) is 1.73. The SMILES string of the molecule is COC(=O)C1CCN(C(=O)CN(C)c2ncccn2)CC1. The summed E-state index contributed by atoms with van der Waals surface area (Å²) >= 11 is 0. The molecule has 1 aromatic heterocycles. The molecule has 0 atom stereocenters. The van der Waals surface area contributed by atoms with Gasteiger partial charge in [0.15, 0.2) is 0 Å². The topological polar surface area (TPSA) is 75.6 Å². The number of esters is 1. The molecule has 0 unspecified atom stereocenters. The highest BCUT2D eigenvalue weighted by molar-refractivity contribution is 5.81. The molecule has 1 aromatic rings. The Bertz CT molecular complexity index is 486. The number of carbonyl (C=O) groups is 2. The summed E-state index contributed by atoms with van der Waals surface area (Å²) in [4.78, 5) is 35.4. The molecule has 21 heavy (non-hydrogen) atoms. The number of hydrogen-bond acceptors (Lipinski definition) is 6. The Hall–Kier alpha value is -2.18. The number of likely N-dealkylation sites (N-methyl/N-ethyl adjacent to an activating group) is 1. The summed E-state index contributed by atoms with van der Waals surface area (Å²) in [5.74, 6) is 0.273. The van der Waals surface area contributed by atoms with Gasteiger partial charge in [-0.25, -0.2) is 9.97 Å². The molecule has 2 heterocycles. The van der Waals surface area contributed by atoms with Crippen LogP contribution >= 0.6 is 0 Å². The molecule has 0 spiro atoms. The number of likely N-dealkylation sites (tertiary alicyclic amines) is 1. The Morgan fingerprint density at radius 2 is 1.95 bits per heavy atom. The van der Waals surface area contributed by atoms with E-state index in [2.05, 4.69) is 9.97 Å². The summed E-state index contributed by atoms with van der Waals surface area (Å²) in [7, 11) is 3.18. The van der Waals surface area contributed by atoms with Crippen LogP contribution < -0.4 is 4.90 Å². The first-order valence-electron chi connectivity index (χ1n) is 6.95. The van der Waals surface area contributed by atoms with Gasteiger partial charge in [-0.3, -0.25) is 9.59 Å². The Morgan fingerprint density at radius 1 is 1.33 bits per heavy atom. The third-order valence-electron chi connectivity index (χ3n) is 3.65. The summed E-state index contributed by atoms with van der Waals surface area (Å²) in [6.45, 7) is 1.40. The van der Waals surface area contributed by atoms with Crippen molar-refractivity contribution in [1.82, 2.24) is 14.9 Å². The van der Waals surface area contributed by atoms with Crippen LogP contribution in [0.4, 0.5) is 5.95 Å². The van der Waals surface area contributed by atoms with E-state index in [4.69, 9.17) is 4.74 Å². The van der Waals surface area contributed by atoms with E-state index in [0.29, 0.717) is 31.9 Å². The van der Waals surface area contributed by atoms with Gasteiger partial charge < -0.3 is 14.5 Å². The van der Waals surface area contributed by atoms with Crippen molar-refractivity contribution >= 4 is 17.8 Å². The number of ether oxygens (including phenoxy) is 1. The van der Waals surface area contributed by atoms with Crippen LogP contribution in [0.3, 0.4) is 0 Å². The largest absolute Gasteiger partial charge is 0.469 e. The molecule has 114 valence electrons. The lowest BCUT2D eigenvalue weighted by atomic mass is 9.97. The van der Waals surface area contributed by atoms with Crippen molar-refractivity contribution in [3.05, 3.63) is 18.5 Å². The highest BCUT2D eigenvalue weighted by Gasteiger charge is 2.28. The van der Waals surface area contributed by atoms with E-state index in [1.165, 1.54) is 7.11 Å². The van der Waals surface area contributed by atoms with Crippen LogP contribution in [0.2, 0.25) is 0 Å². The molecule has 1 amide bonds. The second-order valence-electron chi connectivity index (χ2n) is 5.08. The second kappa shape index (κ2) is 7.01. The Morgan fingerprint density at radius 3 is 2.52 bits per heavy atom. The van der Waals surface area contributed by atoms with Crippen molar-refractivity contribution in [2.45, 2.75) is 12.8 Å². The zero-order chi connectivity index (χ0) is 15.2. The summed E-state index contributed by atoms with van der Waals surface area (Å²) in [5.41, 5.74) is 0. The Balaban J connectivity index is 1.84. The smallest absolute Gasteiger partial charge is 0.308 e. The first kappa shape index (κ1) is 15.2. The molecule has 0 saturated carbocycles. The maximum Gasteiger partial charge on any atom is 0.308 e. The Labute approximate surface area is 123 Å². The number of carbonyl (C=O) groups excluding carboxylic acids is 2. The molecule has 0 N–H and O–H groups in total. The molecule has 0 aliphatic carbocycles. The number of hydrogen-bond donors (Lipinski definition) is 0. The van der Waals surface area contributed by atoms with Crippen LogP contribution in [0.1, 0.15) is 12.8 Å². The molecule has 1 saturated heterocycles. The first-order valence-corrected chi connectivity index (χ1v) is 6.95. The standard InChI is InChI=1S/C14H20N4O3/c1-17(14-15-6-3-7-16-14)10-12(19)18-8-4-11(5-9-18)13(20)21-2/h3,6-7,11H,4-5,8-10H2,1-2H3. The van der Waals surface area contributed by atoms with E-state index in [0.717, 1.165) is 0 Å². The van der Waals surface area contributed by atoms with Crippen LogP contribution in [0.5, 0.6) is 0 Å². The van der Waals surface area contributed by atoms with Gasteiger partial charge in [-0.2, -0.15) is 0 Å². The number of methoxy groups -OCH3 is 1. The van der Waals surface area contributed by atoms with Crippen LogP contribution in [-0.4, -0.2) is 60.5 Å². The number of nitrogens with zero attached hydrogens (tertiary/aromatic N) is 4. The van der Waals surface area contributed by atoms with Crippen LogP contribution in [0, 0.1) is 5.92 Å². The second-order valence-corrected chi connectivity index (χ2v) is 5.08. The lowest BCUT2D eigenvalue weighted by molar-refractivity contribution is -0.148. The number of aromatic nitrogens is 2. The summed E-state index contributed by atoms with van der Waals surface area (Å²) in [5, 5.41) is 0. The van der Waals surface area contributed by atoms with Crippen LogP contribution in [0.15, 0.2) is 18.5 Å². The van der Waals surface area contributed by atoms with Crippen molar-refractivity contribution in [3.63, 3.8) is 0 Å². The Kier molecular flexibility index (Phi) is 5.08. The molecule has 2 rings (SSSR count). The highest BCUT2D eigenvalue weighted by Crippen LogP contribution is 2.18. The van der Waals surface area contributed by atoms with Gasteiger partial charge in [0.2, 0.25) is 11.9 Å². The fraction of sp³-hybridized carbons (Fsp3) is 0.571. The van der Waals surface area contributed by atoms with Gasteiger partial charge in [0, 0.05) is 32.5 Å². The van der Waals surface area contributed by atoms with Gasteiger partial charge in [-0.05, 0) is 18.9 Å². The minimum atomic E-state index is -0.183. The maximum atomic E-state index is 12.2. The number of piperidine rings is 1. The molecule has 1 fully saturated rings. The summed E-state index contributed by atoms with van der Waals surface area (Å²) in [6.07, 6.45) is 4.60. The zero-order valence-corrected chi connectivity index (χ0v) is 12.4. The number of amides is 1. The maximum absolute atomic E-state index is 12.2. The lowest BCUT2D eigenvalue weighted by Crippen LogP contribution is -2.44. The van der Waals surface area contributed by atoms with Crippen LogP contribution in [-0.2, 0) is 14.3 Å². The average molecular weight is 292 g/mol. The van der Waals surface area contributed by atoms with Gasteiger partial charge in [0.1, 0.15) is 0 Å². The van der Waals surface area contributed by atoms with Gasteiger partial charge in [-0.15, -0.1) is 0 Å². The molecular formula is C14H20N4O3. The molecule has 0 bridgehead atoms. The van der Waals surface area contributed by atoms with Crippen molar-refractivity contribution in [1.29, 1.82) is 0 Å². The third kappa shape index (κ3) is 3.90. The first-order chi connectivity index (χ1) is 10.1. The highest BCUT2D eigenvalue weighted by atomic mass is 16.5. The van der Waals surface area contributed by atoms with E-state index >= 15 is 0 Å². The zero-order valence-electron chi connectivity index (χ0n) is 12.4. The lowest BCUT2D eigenvalue weighted by Gasteiger charge is -2.31. The molecular weight excluding hydrogens is 272 g/mol. The van der Waals surface area contributed by atoms with Crippen molar-refractivity contribution in [3.8, 4) is 0 Å². The van der Waals surface area contributed by atoms with Gasteiger partial charge in [-0.1, -0.05) is 0 Å². The fourth-order valence-electron chi connectivity index (χ4n) is 2.39. The van der Waals surface area contributed by atoms with Gasteiger partial charge >= 0.3 is 5.97 Å². The minimum absolute atomic E-state index is 0.0215. The van der Waals surface area contributed by atoms with Crippen molar-refractivity contribution in [2.75, 3.05) is 38.7 Å². The van der Waals surface area contributed by atoms with E-state index < -0.39 is 0 Å². The normalized spacial score (nSPS) is 15.6. The molecule has 1 aliphatic rings. The molecule has 7 nitrogen and oxygen atoms in total. The predicted octanol–water partition coefficient (Wildman–Crippen LogP) is 0.324. The summed E-state index contributed by atoms with van der Waals surface area (Å²) < 4.78 is 4.74. The minimum Gasteiger partial charge on any atom is -0.469 e.